The molecule has 2 atom stereocenters. The lowest BCUT2D eigenvalue weighted by Gasteiger charge is -2.29. The molecule has 0 spiro atoms. The second kappa shape index (κ2) is 6.82. The molecule has 2 N–H and O–H groups in total. The van der Waals surface area contributed by atoms with Gasteiger partial charge in [0.15, 0.2) is 0 Å². The first kappa shape index (κ1) is 13.4. The SMILES string of the molecule is CCC(C)N(CC)C(=O)C(C)CCN. The van der Waals surface area contributed by atoms with Crippen LogP contribution >= 0.6 is 0 Å². The van der Waals surface area contributed by atoms with Gasteiger partial charge in [-0.2, -0.15) is 0 Å². The maximum Gasteiger partial charge on any atom is 0.225 e. The largest absolute Gasteiger partial charge is 0.340 e. The van der Waals surface area contributed by atoms with Gasteiger partial charge < -0.3 is 10.6 Å². The lowest BCUT2D eigenvalue weighted by atomic mass is 10.0. The van der Waals surface area contributed by atoms with Gasteiger partial charge in [0.1, 0.15) is 0 Å². The van der Waals surface area contributed by atoms with E-state index < -0.39 is 0 Å². The number of nitrogens with zero attached hydrogens (tertiary/aromatic N) is 1. The average molecular weight is 200 g/mol. The maximum absolute atomic E-state index is 11.9. The summed E-state index contributed by atoms with van der Waals surface area (Å²) in [7, 11) is 0. The molecule has 0 heterocycles. The van der Waals surface area contributed by atoms with Crippen molar-refractivity contribution in [2.45, 2.75) is 46.6 Å². The van der Waals surface area contributed by atoms with Crippen molar-refractivity contribution in [3.63, 3.8) is 0 Å². The van der Waals surface area contributed by atoms with Crippen molar-refractivity contribution < 1.29 is 4.79 Å². The summed E-state index contributed by atoms with van der Waals surface area (Å²) in [5, 5.41) is 0. The topological polar surface area (TPSA) is 46.3 Å². The Morgan fingerprint density at radius 3 is 2.29 bits per heavy atom. The van der Waals surface area contributed by atoms with E-state index in [9.17, 15) is 4.79 Å². The quantitative estimate of drug-likeness (QED) is 0.708. The molecule has 2 unspecified atom stereocenters. The Hall–Kier alpha value is -0.570. The van der Waals surface area contributed by atoms with Gasteiger partial charge in [0.2, 0.25) is 5.91 Å². The van der Waals surface area contributed by atoms with Crippen LogP contribution in [0.25, 0.3) is 0 Å². The molecule has 0 aromatic rings. The van der Waals surface area contributed by atoms with E-state index in [1.807, 2.05) is 18.7 Å². The van der Waals surface area contributed by atoms with Crippen molar-refractivity contribution in [1.29, 1.82) is 0 Å². The fourth-order valence-electron chi connectivity index (χ4n) is 1.56. The predicted molar refractivity (Wildman–Crippen MR) is 60.0 cm³/mol. The van der Waals surface area contributed by atoms with Crippen LogP contribution in [0, 0.1) is 5.92 Å². The number of carbonyl (C=O) groups excluding carboxylic acids is 1. The molecule has 0 rings (SSSR count). The summed E-state index contributed by atoms with van der Waals surface area (Å²) in [6.45, 7) is 9.57. The van der Waals surface area contributed by atoms with E-state index in [1.54, 1.807) is 0 Å². The first-order chi connectivity index (χ1) is 6.58. The minimum Gasteiger partial charge on any atom is -0.340 e. The molecule has 0 aromatic heterocycles. The van der Waals surface area contributed by atoms with E-state index in [1.165, 1.54) is 0 Å². The predicted octanol–water partition coefficient (Wildman–Crippen LogP) is 1.62. The second-order valence-electron chi connectivity index (χ2n) is 3.86. The van der Waals surface area contributed by atoms with Crippen molar-refractivity contribution in [3.8, 4) is 0 Å². The normalized spacial score (nSPS) is 14.9. The van der Waals surface area contributed by atoms with Crippen LogP contribution < -0.4 is 5.73 Å². The van der Waals surface area contributed by atoms with Crippen molar-refractivity contribution in [1.82, 2.24) is 4.90 Å². The molecular formula is C11H24N2O. The van der Waals surface area contributed by atoms with Crippen LogP contribution in [0.1, 0.15) is 40.5 Å². The average Bonchev–Trinajstić information content (AvgIpc) is 2.18. The summed E-state index contributed by atoms with van der Waals surface area (Å²) in [6, 6.07) is 0.340. The van der Waals surface area contributed by atoms with E-state index >= 15 is 0 Å². The number of hydrogen-bond donors (Lipinski definition) is 1. The monoisotopic (exact) mass is 200 g/mol. The molecule has 14 heavy (non-hydrogen) atoms. The highest BCUT2D eigenvalue weighted by atomic mass is 16.2. The Labute approximate surface area is 87.6 Å². The Balaban J connectivity index is 4.29. The third kappa shape index (κ3) is 3.66. The van der Waals surface area contributed by atoms with E-state index in [2.05, 4.69) is 13.8 Å². The van der Waals surface area contributed by atoms with Gasteiger partial charge in [0.05, 0.1) is 0 Å². The molecule has 3 heteroatoms. The molecule has 3 nitrogen and oxygen atoms in total. The number of nitrogens with two attached hydrogens (primary N) is 1. The summed E-state index contributed by atoms with van der Waals surface area (Å²) < 4.78 is 0. The van der Waals surface area contributed by atoms with Crippen molar-refractivity contribution in [2.24, 2.45) is 11.7 Å². The molecule has 84 valence electrons. The second-order valence-corrected chi connectivity index (χ2v) is 3.86. The lowest BCUT2D eigenvalue weighted by Crippen LogP contribution is -2.41. The number of carbonyl (C=O) groups is 1. The minimum absolute atomic E-state index is 0.0638. The molecule has 0 aliphatic rings. The van der Waals surface area contributed by atoms with Crippen LogP contribution in [0.15, 0.2) is 0 Å². The van der Waals surface area contributed by atoms with Gasteiger partial charge in [-0.15, -0.1) is 0 Å². The van der Waals surface area contributed by atoms with Gasteiger partial charge in [-0.25, -0.2) is 0 Å². The first-order valence-corrected chi connectivity index (χ1v) is 5.58. The van der Waals surface area contributed by atoms with Gasteiger partial charge in [-0.05, 0) is 33.2 Å². The van der Waals surface area contributed by atoms with Crippen LogP contribution in [0.4, 0.5) is 0 Å². The van der Waals surface area contributed by atoms with Gasteiger partial charge in [0.25, 0.3) is 0 Å². The van der Waals surface area contributed by atoms with Crippen molar-refractivity contribution >= 4 is 5.91 Å². The van der Waals surface area contributed by atoms with Crippen LogP contribution in [0.5, 0.6) is 0 Å². The van der Waals surface area contributed by atoms with Crippen LogP contribution in [-0.2, 0) is 4.79 Å². The van der Waals surface area contributed by atoms with Crippen LogP contribution in [0.2, 0.25) is 0 Å². The Bertz CT molecular complexity index is 171. The summed E-state index contributed by atoms with van der Waals surface area (Å²) >= 11 is 0. The highest BCUT2D eigenvalue weighted by Gasteiger charge is 2.21. The Morgan fingerprint density at radius 1 is 1.36 bits per heavy atom. The lowest BCUT2D eigenvalue weighted by molar-refractivity contribution is -0.137. The first-order valence-electron chi connectivity index (χ1n) is 5.58. The maximum atomic E-state index is 11.9. The third-order valence-electron chi connectivity index (χ3n) is 2.77. The molecule has 0 fully saturated rings. The molecular weight excluding hydrogens is 176 g/mol. The molecule has 0 bridgehead atoms. The van der Waals surface area contributed by atoms with Gasteiger partial charge in [-0.1, -0.05) is 13.8 Å². The van der Waals surface area contributed by atoms with E-state index in [4.69, 9.17) is 5.73 Å². The third-order valence-corrected chi connectivity index (χ3v) is 2.77. The number of amides is 1. The highest BCUT2D eigenvalue weighted by Crippen LogP contribution is 2.11. The summed E-state index contributed by atoms with van der Waals surface area (Å²) in [5.41, 5.74) is 5.45. The van der Waals surface area contributed by atoms with Crippen LogP contribution in [0.3, 0.4) is 0 Å². The zero-order valence-corrected chi connectivity index (χ0v) is 9.92. The van der Waals surface area contributed by atoms with Gasteiger partial charge >= 0.3 is 0 Å². The molecule has 0 saturated heterocycles. The van der Waals surface area contributed by atoms with E-state index in [-0.39, 0.29) is 11.8 Å². The summed E-state index contributed by atoms with van der Waals surface area (Å²) in [5.74, 6) is 0.307. The molecule has 0 aromatic carbocycles. The molecule has 0 aliphatic carbocycles. The van der Waals surface area contributed by atoms with E-state index in [0.717, 1.165) is 19.4 Å². The number of rotatable bonds is 6. The standard InChI is InChI=1S/C11H24N2O/c1-5-10(4)13(6-2)11(14)9(3)7-8-12/h9-10H,5-8,12H2,1-4H3. The minimum atomic E-state index is 0.0638. The smallest absolute Gasteiger partial charge is 0.225 e. The summed E-state index contributed by atoms with van der Waals surface area (Å²) in [6.07, 6.45) is 1.79. The Kier molecular flexibility index (Phi) is 6.54. The molecule has 0 aliphatic heterocycles. The molecule has 0 radical (unpaired) electrons. The zero-order valence-electron chi connectivity index (χ0n) is 9.92. The van der Waals surface area contributed by atoms with Gasteiger partial charge in [0, 0.05) is 18.5 Å². The summed E-state index contributed by atoms with van der Waals surface area (Å²) in [4.78, 5) is 13.9. The zero-order chi connectivity index (χ0) is 11.1. The fourth-order valence-corrected chi connectivity index (χ4v) is 1.56. The van der Waals surface area contributed by atoms with E-state index in [0.29, 0.717) is 12.6 Å². The molecule has 0 saturated carbocycles. The Morgan fingerprint density at radius 2 is 1.93 bits per heavy atom. The highest BCUT2D eigenvalue weighted by molar-refractivity contribution is 5.78. The number of hydrogen-bond acceptors (Lipinski definition) is 2. The van der Waals surface area contributed by atoms with Crippen LogP contribution in [-0.4, -0.2) is 29.9 Å². The van der Waals surface area contributed by atoms with Crippen molar-refractivity contribution in [2.75, 3.05) is 13.1 Å². The fraction of sp³-hybridized carbons (Fsp3) is 0.909. The van der Waals surface area contributed by atoms with Gasteiger partial charge in [-0.3, -0.25) is 4.79 Å². The molecule has 1 amide bonds. The van der Waals surface area contributed by atoms with Crippen molar-refractivity contribution in [3.05, 3.63) is 0 Å².